The van der Waals surface area contributed by atoms with Crippen LogP contribution in [0.25, 0.3) is 0 Å². The Bertz CT molecular complexity index is 393. The van der Waals surface area contributed by atoms with Crippen molar-refractivity contribution < 1.29 is 19.4 Å². The first kappa shape index (κ1) is 10.7. The Kier molecular flexibility index (Phi) is 2.66. The summed E-state index contributed by atoms with van der Waals surface area (Å²) in [5.74, 6) is -1.50. The smallest absolute Gasteiger partial charge is 0.331 e. The average molecular weight is 224 g/mol. The summed E-state index contributed by atoms with van der Waals surface area (Å²) in [5.41, 5.74) is -0.949. The maximum atomic E-state index is 11.7. The molecule has 1 aromatic rings. The number of carbonyl (C=O) groups excluding carboxylic acids is 1. The molecule has 0 aromatic carbocycles. The number of carboxylic acid groups (broad SMARTS) is 1. The molecule has 0 radical (unpaired) electrons. The Morgan fingerprint density at radius 2 is 2.38 bits per heavy atom. The van der Waals surface area contributed by atoms with Crippen molar-refractivity contribution in [2.45, 2.75) is 12.0 Å². The van der Waals surface area contributed by atoms with E-state index in [1.807, 2.05) is 0 Å². The van der Waals surface area contributed by atoms with Crippen LogP contribution in [0.15, 0.2) is 18.3 Å². The highest BCUT2D eigenvalue weighted by Crippen LogP contribution is 2.19. The van der Waals surface area contributed by atoms with Gasteiger partial charge >= 0.3 is 5.97 Å². The minimum atomic E-state index is -1.29. The molecule has 1 aliphatic rings. The number of rotatable bonds is 3. The van der Waals surface area contributed by atoms with Crippen molar-refractivity contribution in [2.75, 3.05) is 13.2 Å². The van der Waals surface area contributed by atoms with E-state index in [1.165, 1.54) is 0 Å². The van der Waals surface area contributed by atoms with Crippen molar-refractivity contribution in [2.24, 2.45) is 0 Å². The molecule has 2 heterocycles. The number of ether oxygens (including phenoxy) is 1. The number of H-pyrrole nitrogens is 1. The standard InChI is InChI=1S/C10H12N2O4/c13-8(7-2-1-4-11-7)12-10(9(14)15)3-5-16-6-10/h1-2,4,11H,3,5-6H2,(H,12,13)(H,14,15). The van der Waals surface area contributed by atoms with Gasteiger partial charge in [-0.15, -0.1) is 0 Å². The molecule has 1 atom stereocenters. The van der Waals surface area contributed by atoms with Gasteiger partial charge in [0, 0.05) is 19.2 Å². The van der Waals surface area contributed by atoms with Crippen molar-refractivity contribution in [1.29, 1.82) is 0 Å². The summed E-state index contributed by atoms with van der Waals surface area (Å²) in [6.45, 7) is 0.353. The molecule has 6 nitrogen and oxygen atoms in total. The van der Waals surface area contributed by atoms with Crippen LogP contribution in [0.1, 0.15) is 16.9 Å². The molecule has 1 amide bonds. The van der Waals surface area contributed by atoms with E-state index >= 15 is 0 Å². The van der Waals surface area contributed by atoms with Crippen LogP contribution in [0.5, 0.6) is 0 Å². The third-order valence-corrected chi connectivity index (χ3v) is 2.63. The number of hydrogen-bond acceptors (Lipinski definition) is 3. The summed E-state index contributed by atoms with van der Waals surface area (Å²) in [4.78, 5) is 25.6. The molecule has 1 unspecified atom stereocenters. The lowest BCUT2D eigenvalue weighted by Crippen LogP contribution is -2.55. The first-order valence-corrected chi connectivity index (χ1v) is 4.91. The van der Waals surface area contributed by atoms with Crippen molar-refractivity contribution >= 4 is 11.9 Å². The number of amides is 1. The van der Waals surface area contributed by atoms with Gasteiger partial charge in [-0.3, -0.25) is 4.79 Å². The minimum absolute atomic E-state index is 0.00871. The van der Waals surface area contributed by atoms with E-state index in [-0.39, 0.29) is 13.0 Å². The lowest BCUT2D eigenvalue weighted by molar-refractivity contribution is -0.144. The Morgan fingerprint density at radius 3 is 2.88 bits per heavy atom. The van der Waals surface area contributed by atoms with E-state index < -0.39 is 17.4 Å². The number of hydrogen-bond donors (Lipinski definition) is 3. The van der Waals surface area contributed by atoms with Crippen LogP contribution < -0.4 is 5.32 Å². The summed E-state index contributed by atoms with van der Waals surface area (Å²) in [5, 5.41) is 11.6. The fourth-order valence-corrected chi connectivity index (χ4v) is 1.64. The molecule has 0 saturated carbocycles. The van der Waals surface area contributed by atoms with Crippen LogP contribution in [0.3, 0.4) is 0 Å². The van der Waals surface area contributed by atoms with E-state index in [1.54, 1.807) is 18.3 Å². The third-order valence-electron chi connectivity index (χ3n) is 2.63. The molecule has 1 aliphatic heterocycles. The zero-order valence-electron chi connectivity index (χ0n) is 8.53. The van der Waals surface area contributed by atoms with Crippen LogP contribution in [0.2, 0.25) is 0 Å². The Hall–Kier alpha value is -1.82. The van der Waals surface area contributed by atoms with Crippen LogP contribution >= 0.6 is 0 Å². The van der Waals surface area contributed by atoms with E-state index in [2.05, 4.69) is 10.3 Å². The molecule has 1 fully saturated rings. The largest absolute Gasteiger partial charge is 0.479 e. The normalized spacial score (nSPS) is 24.2. The second-order valence-electron chi connectivity index (χ2n) is 3.73. The molecule has 0 aliphatic carbocycles. The molecule has 1 aromatic heterocycles. The van der Waals surface area contributed by atoms with Crippen LogP contribution in [0.4, 0.5) is 0 Å². The van der Waals surface area contributed by atoms with Gasteiger partial charge in [0.1, 0.15) is 5.69 Å². The highest BCUT2D eigenvalue weighted by molar-refractivity contribution is 5.96. The monoisotopic (exact) mass is 224 g/mol. The van der Waals surface area contributed by atoms with Crippen molar-refractivity contribution in [3.05, 3.63) is 24.0 Å². The first-order valence-electron chi connectivity index (χ1n) is 4.91. The van der Waals surface area contributed by atoms with Crippen LogP contribution in [0, 0.1) is 0 Å². The predicted octanol–water partition coefficient (Wildman–Crippen LogP) is -0.0118. The molecule has 3 N–H and O–H groups in total. The SMILES string of the molecule is O=C(NC1(C(=O)O)CCOC1)c1ccc[nH]1. The highest BCUT2D eigenvalue weighted by Gasteiger charge is 2.44. The number of carboxylic acids is 1. The van der Waals surface area contributed by atoms with Crippen LogP contribution in [-0.4, -0.2) is 40.7 Å². The summed E-state index contributed by atoms with van der Waals surface area (Å²) in [7, 11) is 0. The second-order valence-corrected chi connectivity index (χ2v) is 3.73. The fourth-order valence-electron chi connectivity index (χ4n) is 1.64. The summed E-state index contributed by atoms with van der Waals surface area (Å²) < 4.78 is 5.03. The topological polar surface area (TPSA) is 91.4 Å². The molecule has 0 bridgehead atoms. The molecule has 1 saturated heterocycles. The van der Waals surface area contributed by atoms with Gasteiger partial charge in [-0.25, -0.2) is 4.79 Å². The molecular weight excluding hydrogens is 212 g/mol. The summed E-state index contributed by atoms with van der Waals surface area (Å²) in [6, 6.07) is 3.26. The maximum Gasteiger partial charge on any atom is 0.331 e. The predicted molar refractivity (Wildman–Crippen MR) is 54.1 cm³/mol. The van der Waals surface area contributed by atoms with E-state index in [0.717, 1.165) is 0 Å². The van der Waals surface area contributed by atoms with Gasteiger partial charge in [0.2, 0.25) is 0 Å². The molecule has 2 rings (SSSR count). The van der Waals surface area contributed by atoms with Gasteiger partial charge < -0.3 is 20.1 Å². The Balaban J connectivity index is 2.13. The number of aromatic nitrogens is 1. The number of carbonyl (C=O) groups is 2. The lowest BCUT2D eigenvalue weighted by atomic mass is 9.99. The average Bonchev–Trinajstić information content (AvgIpc) is 2.88. The molecule has 16 heavy (non-hydrogen) atoms. The zero-order valence-corrected chi connectivity index (χ0v) is 8.53. The molecule has 0 spiro atoms. The lowest BCUT2D eigenvalue weighted by Gasteiger charge is -2.23. The number of nitrogens with one attached hydrogen (secondary N) is 2. The zero-order chi connectivity index (χ0) is 11.6. The van der Waals surface area contributed by atoms with Gasteiger partial charge in [-0.05, 0) is 12.1 Å². The molecule has 86 valence electrons. The van der Waals surface area contributed by atoms with Crippen molar-refractivity contribution in [3.63, 3.8) is 0 Å². The Morgan fingerprint density at radius 1 is 1.56 bits per heavy atom. The second kappa shape index (κ2) is 3.97. The molecule has 6 heteroatoms. The van der Waals surface area contributed by atoms with Gasteiger partial charge in [0.05, 0.1) is 6.61 Å². The number of aromatic amines is 1. The van der Waals surface area contributed by atoms with Gasteiger partial charge in [0.25, 0.3) is 5.91 Å². The number of aliphatic carboxylic acids is 1. The van der Waals surface area contributed by atoms with Crippen molar-refractivity contribution in [3.8, 4) is 0 Å². The maximum absolute atomic E-state index is 11.7. The van der Waals surface area contributed by atoms with E-state index in [9.17, 15) is 9.59 Å². The van der Waals surface area contributed by atoms with Crippen LogP contribution in [-0.2, 0) is 9.53 Å². The van der Waals surface area contributed by atoms with E-state index in [0.29, 0.717) is 12.3 Å². The fraction of sp³-hybridized carbons (Fsp3) is 0.400. The van der Waals surface area contributed by atoms with E-state index in [4.69, 9.17) is 9.84 Å². The minimum Gasteiger partial charge on any atom is -0.479 e. The summed E-state index contributed by atoms with van der Waals surface area (Å²) >= 11 is 0. The third kappa shape index (κ3) is 1.79. The highest BCUT2D eigenvalue weighted by atomic mass is 16.5. The quantitative estimate of drug-likeness (QED) is 0.673. The van der Waals surface area contributed by atoms with Gasteiger partial charge in [0.15, 0.2) is 5.54 Å². The molecular formula is C10H12N2O4. The van der Waals surface area contributed by atoms with Gasteiger partial charge in [-0.1, -0.05) is 0 Å². The first-order chi connectivity index (χ1) is 7.64. The Labute approximate surface area is 91.6 Å². The summed E-state index contributed by atoms with van der Waals surface area (Å²) in [6.07, 6.45) is 1.89. The van der Waals surface area contributed by atoms with Crippen molar-refractivity contribution in [1.82, 2.24) is 10.3 Å². The van der Waals surface area contributed by atoms with Gasteiger partial charge in [-0.2, -0.15) is 0 Å².